The van der Waals surface area contributed by atoms with Crippen molar-refractivity contribution in [2.24, 2.45) is 0 Å². The Balaban J connectivity index is 1.29. The van der Waals surface area contributed by atoms with Crippen molar-refractivity contribution in [1.82, 2.24) is 25.3 Å². The zero-order valence-electron chi connectivity index (χ0n) is 17.8. The van der Waals surface area contributed by atoms with E-state index in [2.05, 4.69) is 20.6 Å². The number of hydrogen-bond acceptors (Lipinski definition) is 8. The van der Waals surface area contributed by atoms with E-state index in [1.807, 2.05) is 43.3 Å². The number of hydrogen-bond donors (Lipinski definition) is 2. The molecule has 0 radical (unpaired) electrons. The molecule has 9 heteroatoms. The predicted octanol–water partition coefficient (Wildman–Crippen LogP) is 3.12. The second kappa shape index (κ2) is 9.91. The summed E-state index contributed by atoms with van der Waals surface area (Å²) < 4.78 is 0. The van der Waals surface area contributed by atoms with Gasteiger partial charge in [-0.3, -0.25) is 4.79 Å². The van der Waals surface area contributed by atoms with Gasteiger partial charge in [0.1, 0.15) is 5.82 Å². The maximum Gasteiger partial charge on any atom is 0.230 e. The summed E-state index contributed by atoms with van der Waals surface area (Å²) in [7, 11) is 3.99. The van der Waals surface area contributed by atoms with Gasteiger partial charge in [-0.1, -0.05) is 23.9 Å². The highest BCUT2D eigenvalue weighted by molar-refractivity contribution is 7.99. The van der Waals surface area contributed by atoms with Gasteiger partial charge in [-0.25, -0.2) is 15.0 Å². The third kappa shape index (κ3) is 5.61. The largest absolute Gasteiger partial charge is 0.362 e. The van der Waals surface area contributed by atoms with Crippen LogP contribution in [0.3, 0.4) is 0 Å². The highest BCUT2D eigenvalue weighted by Gasteiger charge is 2.23. The third-order valence-electron chi connectivity index (χ3n) is 5.31. The van der Waals surface area contributed by atoms with Crippen LogP contribution in [0.15, 0.2) is 47.9 Å². The molecule has 4 rings (SSSR count). The average molecular weight is 438 g/mol. The number of amides is 1. The Morgan fingerprint density at radius 2 is 1.74 bits per heavy atom. The Morgan fingerprint density at radius 3 is 2.48 bits per heavy atom. The number of thioether (sulfide) groups is 1. The van der Waals surface area contributed by atoms with Crippen molar-refractivity contribution in [2.75, 3.05) is 30.1 Å². The zero-order valence-corrected chi connectivity index (χ0v) is 18.6. The molecule has 2 heterocycles. The summed E-state index contributed by atoms with van der Waals surface area (Å²) in [6, 6.07) is 10.3. The van der Waals surface area contributed by atoms with E-state index >= 15 is 0 Å². The first-order valence-corrected chi connectivity index (χ1v) is 11.5. The molecule has 0 unspecified atom stereocenters. The maximum atomic E-state index is 12.3. The van der Waals surface area contributed by atoms with Crippen molar-refractivity contribution < 1.29 is 4.79 Å². The van der Waals surface area contributed by atoms with Gasteiger partial charge in [-0.15, -0.1) is 0 Å². The van der Waals surface area contributed by atoms with Crippen molar-refractivity contribution in [3.63, 3.8) is 0 Å². The molecule has 162 valence electrons. The van der Waals surface area contributed by atoms with E-state index in [0.717, 1.165) is 42.4 Å². The first-order chi connectivity index (χ1) is 15.1. The molecule has 3 aromatic rings. The molecule has 1 aromatic carbocycles. The third-order valence-corrected chi connectivity index (χ3v) is 6.18. The van der Waals surface area contributed by atoms with Crippen LogP contribution in [0.5, 0.6) is 0 Å². The number of nitrogens with zero attached hydrogens (tertiary/aromatic N) is 5. The van der Waals surface area contributed by atoms with Crippen LogP contribution in [-0.4, -0.2) is 57.8 Å². The zero-order chi connectivity index (χ0) is 21.6. The second-order valence-corrected chi connectivity index (χ2v) is 8.81. The summed E-state index contributed by atoms with van der Waals surface area (Å²) in [4.78, 5) is 32.0. The topological polar surface area (TPSA) is 95.9 Å². The van der Waals surface area contributed by atoms with Crippen molar-refractivity contribution in [2.45, 2.75) is 42.9 Å². The lowest BCUT2D eigenvalue weighted by atomic mass is 9.91. The Morgan fingerprint density at radius 1 is 1.03 bits per heavy atom. The normalized spacial score (nSPS) is 18.5. The number of benzene rings is 1. The van der Waals surface area contributed by atoms with Gasteiger partial charge in [0.15, 0.2) is 5.16 Å². The van der Waals surface area contributed by atoms with Gasteiger partial charge in [0, 0.05) is 44.0 Å². The van der Waals surface area contributed by atoms with Gasteiger partial charge in [0.25, 0.3) is 0 Å². The molecule has 0 saturated heterocycles. The number of aromatic nitrogens is 4. The van der Waals surface area contributed by atoms with Gasteiger partial charge in [-0.05, 0) is 43.9 Å². The Kier molecular flexibility index (Phi) is 6.81. The van der Waals surface area contributed by atoms with Crippen LogP contribution in [-0.2, 0) is 4.79 Å². The van der Waals surface area contributed by atoms with E-state index in [1.165, 1.54) is 11.8 Å². The van der Waals surface area contributed by atoms with Gasteiger partial charge in [0.2, 0.25) is 11.9 Å². The number of fused-ring (bicyclic) bond motifs is 1. The first kappa shape index (κ1) is 21.3. The van der Waals surface area contributed by atoms with Crippen LogP contribution in [0.1, 0.15) is 25.7 Å². The van der Waals surface area contributed by atoms with Crippen LogP contribution in [0.25, 0.3) is 10.9 Å². The van der Waals surface area contributed by atoms with E-state index in [9.17, 15) is 4.79 Å². The van der Waals surface area contributed by atoms with E-state index < -0.39 is 0 Å². The standard InChI is InChI=1S/C22H27N7OS/c1-29(2)20-17-6-3-4-7-18(17)27-21(28-20)26-16-10-8-15(9-11-16)25-19(30)14-31-22-23-12-5-13-24-22/h3-7,12-13,15-16H,8-11,14H2,1-2H3,(H,25,30)(H,26,27,28)/t15-,16+. The van der Waals surface area contributed by atoms with E-state index in [1.54, 1.807) is 18.5 Å². The van der Waals surface area contributed by atoms with Gasteiger partial charge in [0.05, 0.1) is 11.3 Å². The molecule has 0 spiro atoms. The van der Waals surface area contributed by atoms with Crippen molar-refractivity contribution >= 4 is 40.3 Å². The first-order valence-electron chi connectivity index (χ1n) is 10.5. The van der Waals surface area contributed by atoms with Gasteiger partial charge in [-0.2, -0.15) is 4.98 Å². The molecular formula is C22H27N7OS. The molecule has 1 aliphatic carbocycles. The molecule has 1 aliphatic rings. The number of carbonyl (C=O) groups is 1. The van der Waals surface area contributed by atoms with Crippen LogP contribution in [0.2, 0.25) is 0 Å². The van der Waals surface area contributed by atoms with Gasteiger partial charge >= 0.3 is 0 Å². The lowest BCUT2D eigenvalue weighted by molar-refractivity contribution is -0.119. The summed E-state index contributed by atoms with van der Waals surface area (Å²) in [6.07, 6.45) is 7.17. The van der Waals surface area contributed by atoms with Crippen LogP contribution >= 0.6 is 11.8 Å². The Hall–Kier alpha value is -2.94. The lowest BCUT2D eigenvalue weighted by Gasteiger charge is -2.30. The predicted molar refractivity (Wildman–Crippen MR) is 124 cm³/mol. The van der Waals surface area contributed by atoms with E-state index in [4.69, 9.17) is 9.97 Å². The number of anilines is 2. The molecule has 0 atom stereocenters. The number of rotatable bonds is 7. The molecule has 2 N–H and O–H groups in total. The SMILES string of the molecule is CN(C)c1nc(N[C@H]2CC[C@@H](NC(=O)CSc3ncccn3)CC2)nc2ccccc12. The fraction of sp³-hybridized carbons (Fsp3) is 0.409. The number of para-hydroxylation sites is 1. The van der Waals surface area contributed by atoms with E-state index in [0.29, 0.717) is 22.9 Å². The molecule has 8 nitrogen and oxygen atoms in total. The smallest absolute Gasteiger partial charge is 0.230 e. The molecule has 0 bridgehead atoms. The molecular weight excluding hydrogens is 410 g/mol. The molecule has 1 saturated carbocycles. The molecule has 1 fully saturated rings. The van der Waals surface area contributed by atoms with Crippen LogP contribution in [0, 0.1) is 0 Å². The monoisotopic (exact) mass is 437 g/mol. The van der Waals surface area contributed by atoms with Gasteiger partial charge < -0.3 is 15.5 Å². The van der Waals surface area contributed by atoms with Crippen molar-refractivity contribution in [3.05, 3.63) is 42.7 Å². The van der Waals surface area contributed by atoms with Crippen molar-refractivity contribution in [3.8, 4) is 0 Å². The van der Waals surface area contributed by atoms with Crippen molar-refractivity contribution in [1.29, 1.82) is 0 Å². The average Bonchev–Trinajstić information content (AvgIpc) is 2.79. The summed E-state index contributed by atoms with van der Waals surface area (Å²) in [5.41, 5.74) is 0.935. The minimum absolute atomic E-state index is 0.0300. The summed E-state index contributed by atoms with van der Waals surface area (Å²) in [6.45, 7) is 0. The molecule has 31 heavy (non-hydrogen) atoms. The van der Waals surface area contributed by atoms with Crippen LogP contribution in [0.4, 0.5) is 11.8 Å². The minimum Gasteiger partial charge on any atom is -0.362 e. The maximum absolute atomic E-state index is 12.3. The number of nitrogens with one attached hydrogen (secondary N) is 2. The summed E-state index contributed by atoms with van der Waals surface area (Å²) in [5.74, 6) is 1.94. The summed E-state index contributed by atoms with van der Waals surface area (Å²) in [5, 5.41) is 8.32. The molecule has 2 aromatic heterocycles. The quantitative estimate of drug-likeness (QED) is 0.430. The molecule has 1 amide bonds. The highest BCUT2D eigenvalue weighted by atomic mass is 32.2. The molecule has 0 aliphatic heterocycles. The fourth-order valence-corrected chi connectivity index (χ4v) is 4.40. The Bertz CT molecular complexity index is 1020. The minimum atomic E-state index is 0.0300. The lowest BCUT2D eigenvalue weighted by Crippen LogP contribution is -2.41. The van der Waals surface area contributed by atoms with E-state index in [-0.39, 0.29) is 11.9 Å². The van der Waals surface area contributed by atoms with Crippen LogP contribution < -0.4 is 15.5 Å². The summed E-state index contributed by atoms with van der Waals surface area (Å²) >= 11 is 1.36. The fourth-order valence-electron chi connectivity index (χ4n) is 3.79. The Labute approximate surface area is 186 Å². The number of carbonyl (C=O) groups excluding carboxylic acids is 1. The second-order valence-electron chi connectivity index (χ2n) is 7.86. The highest BCUT2D eigenvalue weighted by Crippen LogP contribution is 2.26.